The Kier molecular flexibility index (Phi) is 4.03. The zero-order chi connectivity index (χ0) is 14.7. The van der Waals surface area contributed by atoms with E-state index in [1.165, 1.54) is 5.56 Å². The number of amides is 1. The van der Waals surface area contributed by atoms with Gasteiger partial charge in [0.05, 0.1) is 6.17 Å². The second-order valence-electron chi connectivity index (χ2n) is 5.46. The van der Waals surface area contributed by atoms with Crippen LogP contribution >= 0.6 is 0 Å². The van der Waals surface area contributed by atoms with Gasteiger partial charge >= 0.3 is 0 Å². The molecule has 1 amide bonds. The molecule has 1 aromatic heterocycles. The Morgan fingerprint density at radius 2 is 2.10 bits per heavy atom. The first kappa shape index (κ1) is 13.9. The van der Waals surface area contributed by atoms with E-state index in [0.29, 0.717) is 18.2 Å². The van der Waals surface area contributed by atoms with Gasteiger partial charge in [-0.05, 0) is 17.7 Å². The highest BCUT2D eigenvalue weighted by atomic mass is 16.2. The summed E-state index contributed by atoms with van der Waals surface area (Å²) >= 11 is 0. The van der Waals surface area contributed by atoms with Gasteiger partial charge in [0.2, 0.25) is 0 Å². The lowest BCUT2D eigenvalue weighted by Crippen LogP contribution is -2.46. The van der Waals surface area contributed by atoms with Crippen LogP contribution in [0.25, 0.3) is 0 Å². The summed E-state index contributed by atoms with van der Waals surface area (Å²) in [6, 6.07) is 13.9. The Morgan fingerprint density at radius 1 is 1.29 bits per heavy atom. The van der Waals surface area contributed by atoms with Gasteiger partial charge in [0.25, 0.3) is 5.91 Å². The van der Waals surface area contributed by atoms with Gasteiger partial charge in [-0.15, -0.1) is 0 Å². The number of hydrogen-bond acceptors (Lipinski definition) is 3. The number of carbonyl (C=O) groups excluding carboxylic acids is 1. The topological polar surface area (TPSA) is 58.1 Å². The largest absolute Gasteiger partial charge is 0.339 e. The molecular formula is C16H20N4O. The molecule has 21 heavy (non-hydrogen) atoms. The lowest BCUT2D eigenvalue weighted by atomic mass is 10.1. The summed E-state index contributed by atoms with van der Waals surface area (Å²) in [5.74, 6) is 0.315. The molecule has 2 heterocycles. The fourth-order valence-electron chi connectivity index (χ4n) is 2.52. The molecule has 0 radical (unpaired) electrons. The van der Waals surface area contributed by atoms with Crippen molar-refractivity contribution in [3.8, 4) is 0 Å². The van der Waals surface area contributed by atoms with Crippen LogP contribution in [-0.2, 0) is 6.54 Å². The second-order valence-corrected chi connectivity index (χ2v) is 5.46. The minimum absolute atomic E-state index is 0.0300. The summed E-state index contributed by atoms with van der Waals surface area (Å²) in [5.41, 5.74) is 7.99. The van der Waals surface area contributed by atoms with Crippen molar-refractivity contribution in [2.45, 2.75) is 19.6 Å². The smallest absolute Gasteiger partial charge is 0.269 e. The third-order valence-corrected chi connectivity index (χ3v) is 3.80. The molecule has 2 atom stereocenters. The maximum atomic E-state index is 12.4. The van der Waals surface area contributed by atoms with E-state index in [9.17, 15) is 4.79 Å². The Balaban J connectivity index is 1.71. The van der Waals surface area contributed by atoms with E-state index in [1.807, 2.05) is 41.1 Å². The molecule has 110 valence electrons. The Labute approximate surface area is 124 Å². The summed E-state index contributed by atoms with van der Waals surface area (Å²) in [7, 11) is 0. The standard InChI is InChI=1S/C16H20N4O/c1-12-10-17-19-15(12)18-16(21)14-8-5-9-20(14)11-13-6-3-2-4-7-13/h2-9,12,15,17,19H,10-11H2,1H3,(H,18,21). The van der Waals surface area contributed by atoms with E-state index >= 15 is 0 Å². The summed E-state index contributed by atoms with van der Waals surface area (Å²) in [5, 5.41) is 3.02. The van der Waals surface area contributed by atoms with Gasteiger partial charge in [0.1, 0.15) is 5.69 Å². The van der Waals surface area contributed by atoms with Crippen LogP contribution in [0, 0.1) is 5.92 Å². The molecule has 5 heteroatoms. The number of carbonyl (C=O) groups is 1. The van der Waals surface area contributed by atoms with Crippen LogP contribution in [0.5, 0.6) is 0 Å². The second kappa shape index (κ2) is 6.11. The summed E-state index contributed by atoms with van der Waals surface area (Å²) in [6.07, 6.45) is 1.91. The molecule has 1 aliphatic heterocycles. The molecule has 3 N–H and O–H groups in total. The molecule has 3 rings (SSSR count). The SMILES string of the molecule is CC1CNNC1NC(=O)c1cccn1Cc1ccccc1. The Morgan fingerprint density at radius 3 is 2.81 bits per heavy atom. The van der Waals surface area contributed by atoms with Gasteiger partial charge in [0, 0.05) is 25.2 Å². The van der Waals surface area contributed by atoms with Gasteiger partial charge in [-0.2, -0.15) is 0 Å². The van der Waals surface area contributed by atoms with Gasteiger partial charge in [-0.3, -0.25) is 10.2 Å². The third kappa shape index (κ3) is 3.15. The van der Waals surface area contributed by atoms with Crippen LogP contribution in [-0.4, -0.2) is 23.2 Å². The molecule has 0 bridgehead atoms. The number of nitrogens with zero attached hydrogens (tertiary/aromatic N) is 1. The molecule has 1 aromatic carbocycles. The third-order valence-electron chi connectivity index (χ3n) is 3.80. The van der Waals surface area contributed by atoms with E-state index in [1.54, 1.807) is 0 Å². The van der Waals surface area contributed by atoms with Crippen LogP contribution < -0.4 is 16.2 Å². The zero-order valence-electron chi connectivity index (χ0n) is 12.0. The predicted molar refractivity (Wildman–Crippen MR) is 81.5 cm³/mol. The Hall–Kier alpha value is -2.11. The van der Waals surface area contributed by atoms with E-state index < -0.39 is 0 Å². The first-order valence-corrected chi connectivity index (χ1v) is 7.22. The number of hydrazine groups is 1. The van der Waals surface area contributed by atoms with Gasteiger partial charge < -0.3 is 9.88 Å². The van der Waals surface area contributed by atoms with Crippen molar-refractivity contribution in [3.63, 3.8) is 0 Å². The average molecular weight is 284 g/mol. The lowest BCUT2D eigenvalue weighted by Gasteiger charge is -2.17. The lowest BCUT2D eigenvalue weighted by molar-refractivity contribution is 0.0915. The monoisotopic (exact) mass is 284 g/mol. The van der Waals surface area contributed by atoms with Crippen molar-refractivity contribution < 1.29 is 4.79 Å². The molecule has 1 saturated heterocycles. The van der Waals surface area contributed by atoms with Crippen molar-refractivity contribution in [3.05, 3.63) is 59.9 Å². The number of benzene rings is 1. The summed E-state index contributed by atoms with van der Waals surface area (Å²) < 4.78 is 1.97. The molecule has 0 spiro atoms. The molecule has 5 nitrogen and oxygen atoms in total. The van der Waals surface area contributed by atoms with Crippen molar-refractivity contribution in [1.29, 1.82) is 0 Å². The minimum Gasteiger partial charge on any atom is -0.339 e. The van der Waals surface area contributed by atoms with E-state index in [0.717, 1.165) is 6.54 Å². The zero-order valence-corrected chi connectivity index (χ0v) is 12.0. The molecule has 0 aliphatic carbocycles. The van der Waals surface area contributed by atoms with Crippen LogP contribution in [0.4, 0.5) is 0 Å². The molecular weight excluding hydrogens is 264 g/mol. The van der Waals surface area contributed by atoms with E-state index in [2.05, 4.69) is 35.2 Å². The van der Waals surface area contributed by atoms with Crippen LogP contribution in [0.2, 0.25) is 0 Å². The first-order valence-electron chi connectivity index (χ1n) is 7.22. The first-order chi connectivity index (χ1) is 10.2. The molecule has 2 unspecified atom stereocenters. The predicted octanol–water partition coefficient (Wildman–Crippen LogP) is 1.34. The number of aromatic nitrogens is 1. The number of rotatable bonds is 4. The van der Waals surface area contributed by atoms with Crippen LogP contribution in [0.3, 0.4) is 0 Å². The van der Waals surface area contributed by atoms with Crippen molar-refractivity contribution in [1.82, 2.24) is 20.7 Å². The van der Waals surface area contributed by atoms with Crippen molar-refractivity contribution in [2.24, 2.45) is 5.92 Å². The van der Waals surface area contributed by atoms with E-state index in [-0.39, 0.29) is 12.1 Å². The van der Waals surface area contributed by atoms with Crippen molar-refractivity contribution in [2.75, 3.05) is 6.54 Å². The fraction of sp³-hybridized carbons (Fsp3) is 0.312. The maximum Gasteiger partial charge on any atom is 0.269 e. The number of hydrogen-bond donors (Lipinski definition) is 3. The fourth-order valence-corrected chi connectivity index (χ4v) is 2.52. The van der Waals surface area contributed by atoms with Crippen molar-refractivity contribution >= 4 is 5.91 Å². The summed E-state index contributed by atoms with van der Waals surface area (Å²) in [6.45, 7) is 3.65. The quantitative estimate of drug-likeness (QED) is 0.794. The highest BCUT2D eigenvalue weighted by Crippen LogP contribution is 2.10. The Bertz CT molecular complexity index is 608. The molecule has 0 saturated carbocycles. The molecule has 1 aliphatic rings. The summed E-state index contributed by atoms with van der Waals surface area (Å²) in [4.78, 5) is 12.4. The molecule has 1 fully saturated rings. The highest BCUT2D eigenvalue weighted by molar-refractivity contribution is 5.93. The highest BCUT2D eigenvalue weighted by Gasteiger charge is 2.25. The van der Waals surface area contributed by atoms with Gasteiger partial charge in [0.15, 0.2) is 0 Å². The van der Waals surface area contributed by atoms with Gasteiger partial charge in [-0.25, -0.2) is 5.43 Å². The van der Waals surface area contributed by atoms with E-state index in [4.69, 9.17) is 0 Å². The maximum absolute atomic E-state index is 12.4. The van der Waals surface area contributed by atoms with Crippen LogP contribution in [0.1, 0.15) is 23.0 Å². The number of nitrogens with one attached hydrogen (secondary N) is 3. The minimum atomic E-state index is -0.0519. The van der Waals surface area contributed by atoms with Crippen LogP contribution in [0.15, 0.2) is 48.7 Å². The normalized spacial score (nSPS) is 21.4. The average Bonchev–Trinajstić information content (AvgIpc) is 3.10. The van der Waals surface area contributed by atoms with Gasteiger partial charge in [-0.1, -0.05) is 37.3 Å². The molecule has 2 aromatic rings.